The summed E-state index contributed by atoms with van der Waals surface area (Å²) in [5, 5.41) is 0. The van der Waals surface area contributed by atoms with Gasteiger partial charge in [0, 0.05) is 11.6 Å². The Kier molecular flexibility index (Phi) is 3.67. The normalized spacial score (nSPS) is 10.1. The van der Waals surface area contributed by atoms with Crippen molar-refractivity contribution >= 4 is 6.29 Å². The molecule has 2 aromatic carbocycles. The first kappa shape index (κ1) is 12.2. The molecule has 0 saturated carbocycles. The first-order valence-electron chi connectivity index (χ1n) is 5.30. The Morgan fingerprint density at radius 2 is 1.72 bits per heavy atom. The zero-order valence-electron chi connectivity index (χ0n) is 9.40. The number of rotatable bonds is 4. The molecule has 0 heterocycles. The predicted molar refractivity (Wildman–Crippen MR) is 62.5 cm³/mol. The summed E-state index contributed by atoms with van der Waals surface area (Å²) < 4.78 is 31.1. The monoisotopic (exact) mass is 248 g/mol. The van der Waals surface area contributed by atoms with Gasteiger partial charge in [0.15, 0.2) is 0 Å². The minimum Gasteiger partial charge on any atom is -0.489 e. The summed E-state index contributed by atoms with van der Waals surface area (Å²) >= 11 is 0. The number of ether oxygens (including phenoxy) is 1. The van der Waals surface area contributed by atoms with E-state index in [1.807, 2.05) is 0 Å². The molecule has 92 valence electrons. The largest absolute Gasteiger partial charge is 0.489 e. The number of carbonyl (C=O) groups excluding carboxylic acids is 1. The molecule has 0 N–H and O–H groups in total. The highest BCUT2D eigenvalue weighted by Gasteiger charge is 2.02. The number of benzene rings is 2. The molecule has 0 aliphatic rings. The summed E-state index contributed by atoms with van der Waals surface area (Å²) in [7, 11) is 0. The van der Waals surface area contributed by atoms with Crippen molar-refractivity contribution < 1.29 is 18.3 Å². The maximum Gasteiger partial charge on any atom is 0.150 e. The van der Waals surface area contributed by atoms with Crippen LogP contribution in [0.25, 0.3) is 0 Å². The fourth-order valence-corrected chi connectivity index (χ4v) is 1.48. The number of aldehydes is 1. The van der Waals surface area contributed by atoms with E-state index in [1.165, 1.54) is 24.3 Å². The molecule has 0 aliphatic carbocycles. The molecule has 0 amide bonds. The second-order valence-corrected chi connectivity index (χ2v) is 3.75. The van der Waals surface area contributed by atoms with Crippen LogP contribution < -0.4 is 4.74 Å². The quantitative estimate of drug-likeness (QED) is 0.775. The molecule has 2 nitrogen and oxygen atoms in total. The van der Waals surface area contributed by atoms with Crippen molar-refractivity contribution in [3.63, 3.8) is 0 Å². The lowest BCUT2D eigenvalue weighted by molar-refractivity contribution is 0.112. The van der Waals surface area contributed by atoms with E-state index >= 15 is 0 Å². The van der Waals surface area contributed by atoms with Crippen molar-refractivity contribution in [2.45, 2.75) is 6.61 Å². The molecule has 0 aromatic heterocycles. The Labute approximate surface area is 103 Å². The summed E-state index contributed by atoms with van der Waals surface area (Å²) in [4.78, 5) is 10.6. The van der Waals surface area contributed by atoms with E-state index in [2.05, 4.69) is 0 Å². The van der Waals surface area contributed by atoms with Gasteiger partial charge in [0.05, 0.1) is 0 Å². The van der Waals surface area contributed by atoms with Gasteiger partial charge in [0.2, 0.25) is 0 Å². The van der Waals surface area contributed by atoms with Gasteiger partial charge in [-0.2, -0.15) is 0 Å². The van der Waals surface area contributed by atoms with Crippen LogP contribution in [-0.2, 0) is 6.61 Å². The van der Waals surface area contributed by atoms with Crippen LogP contribution in [0.5, 0.6) is 5.75 Å². The summed E-state index contributed by atoms with van der Waals surface area (Å²) in [6.07, 6.45) is 0.549. The Morgan fingerprint density at radius 3 is 2.39 bits per heavy atom. The third-order valence-electron chi connectivity index (χ3n) is 2.35. The molecule has 2 aromatic rings. The first-order valence-corrected chi connectivity index (χ1v) is 5.30. The average molecular weight is 248 g/mol. The van der Waals surface area contributed by atoms with Crippen molar-refractivity contribution in [2.24, 2.45) is 0 Å². The SMILES string of the molecule is O=Cc1cc(F)cc(OCc2ccc(F)cc2)c1. The van der Waals surface area contributed by atoms with Crippen LogP contribution in [0, 0.1) is 11.6 Å². The lowest BCUT2D eigenvalue weighted by Gasteiger charge is -2.07. The van der Waals surface area contributed by atoms with Gasteiger partial charge in [-0.15, -0.1) is 0 Å². The van der Waals surface area contributed by atoms with Crippen molar-refractivity contribution in [1.29, 1.82) is 0 Å². The molecule has 0 saturated heterocycles. The van der Waals surface area contributed by atoms with Crippen LogP contribution in [-0.4, -0.2) is 6.29 Å². The minimum absolute atomic E-state index is 0.183. The second kappa shape index (κ2) is 5.40. The first-order chi connectivity index (χ1) is 8.67. The van der Waals surface area contributed by atoms with E-state index in [-0.39, 0.29) is 23.7 Å². The third kappa shape index (κ3) is 3.13. The Balaban J connectivity index is 2.08. The number of hydrogen-bond acceptors (Lipinski definition) is 2. The van der Waals surface area contributed by atoms with Crippen molar-refractivity contribution in [3.8, 4) is 5.75 Å². The van der Waals surface area contributed by atoms with E-state index in [0.29, 0.717) is 6.29 Å². The second-order valence-electron chi connectivity index (χ2n) is 3.75. The molecule has 4 heteroatoms. The van der Waals surface area contributed by atoms with Gasteiger partial charge in [-0.1, -0.05) is 12.1 Å². The van der Waals surface area contributed by atoms with Crippen molar-refractivity contribution in [2.75, 3.05) is 0 Å². The van der Waals surface area contributed by atoms with Crippen LogP contribution in [0.2, 0.25) is 0 Å². The molecule has 0 bridgehead atoms. The molecule has 0 atom stereocenters. The molecule has 0 radical (unpaired) electrons. The predicted octanol–water partition coefficient (Wildman–Crippen LogP) is 3.36. The zero-order valence-corrected chi connectivity index (χ0v) is 9.40. The topological polar surface area (TPSA) is 26.3 Å². The van der Waals surface area contributed by atoms with Crippen LogP contribution in [0.1, 0.15) is 15.9 Å². The highest BCUT2D eigenvalue weighted by molar-refractivity contribution is 5.75. The molecule has 0 spiro atoms. The van der Waals surface area contributed by atoms with Crippen LogP contribution in [0.15, 0.2) is 42.5 Å². The fourth-order valence-electron chi connectivity index (χ4n) is 1.48. The Morgan fingerprint density at radius 1 is 1.00 bits per heavy atom. The lowest BCUT2D eigenvalue weighted by Crippen LogP contribution is -1.97. The maximum atomic E-state index is 13.1. The summed E-state index contributed by atoms with van der Waals surface area (Å²) in [5.74, 6) is -0.595. The van der Waals surface area contributed by atoms with Gasteiger partial charge >= 0.3 is 0 Å². The minimum atomic E-state index is -0.534. The van der Waals surface area contributed by atoms with Crippen LogP contribution in [0.3, 0.4) is 0 Å². The van der Waals surface area contributed by atoms with Gasteiger partial charge in [-0.3, -0.25) is 4.79 Å². The van der Waals surface area contributed by atoms with E-state index in [9.17, 15) is 13.6 Å². The molecule has 0 unspecified atom stereocenters. The fraction of sp³-hybridized carbons (Fsp3) is 0.0714. The standard InChI is InChI=1S/C14H10F2O2/c15-12-3-1-10(2-4-12)9-18-14-6-11(8-17)5-13(16)7-14/h1-8H,9H2. The van der Waals surface area contributed by atoms with E-state index in [1.54, 1.807) is 12.1 Å². The van der Waals surface area contributed by atoms with Crippen molar-refractivity contribution in [3.05, 3.63) is 65.2 Å². The number of hydrogen-bond donors (Lipinski definition) is 0. The third-order valence-corrected chi connectivity index (χ3v) is 2.35. The summed E-state index contributed by atoms with van der Waals surface area (Å²) in [6, 6.07) is 9.56. The van der Waals surface area contributed by atoms with Gasteiger partial charge in [-0.05, 0) is 29.8 Å². The molecular weight excluding hydrogens is 238 g/mol. The van der Waals surface area contributed by atoms with Crippen LogP contribution in [0.4, 0.5) is 8.78 Å². The molecular formula is C14H10F2O2. The lowest BCUT2D eigenvalue weighted by atomic mass is 10.2. The van der Waals surface area contributed by atoms with Gasteiger partial charge in [0.1, 0.15) is 30.3 Å². The zero-order chi connectivity index (χ0) is 13.0. The molecule has 18 heavy (non-hydrogen) atoms. The highest BCUT2D eigenvalue weighted by atomic mass is 19.1. The number of carbonyl (C=O) groups is 1. The molecule has 0 aliphatic heterocycles. The van der Waals surface area contributed by atoms with E-state index in [4.69, 9.17) is 4.74 Å². The van der Waals surface area contributed by atoms with Gasteiger partial charge in [-0.25, -0.2) is 8.78 Å². The van der Waals surface area contributed by atoms with E-state index < -0.39 is 5.82 Å². The van der Waals surface area contributed by atoms with E-state index in [0.717, 1.165) is 11.6 Å². The van der Waals surface area contributed by atoms with Gasteiger partial charge in [0.25, 0.3) is 0 Å². The molecule has 2 rings (SSSR count). The Hall–Kier alpha value is -2.23. The summed E-state index contributed by atoms with van der Waals surface area (Å²) in [5.41, 5.74) is 0.970. The van der Waals surface area contributed by atoms with Crippen molar-refractivity contribution in [1.82, 2.24) is 0 Å². The number of halogens is 2. The molecule has 0 fully saturated rings. The highest BCUT2D eigenvalue weighted by Crippen LogP contribution is 2.17. The average Bonchev–Trinajstić information content (AvgIpc) is 2.37. The Bertz CT molecular complexity index is 550. The van der Waals surface area contributed by atoms with Crippen LogP contribution >= 0.6 is 0 Å². The summed E-state index contributed by atoms with van der Waals surface area (Å²) in [6.45, 7) is 0.183. The van der Waals surface area contributed by atoms with Gasteiger partial charge < -0.3 is 4.74 Å². The smallest absolute Gasteiger partial charge is 0.150 e. The maximum absolute atomic E-state index is 13.1.